The van der Waals surface area contributed by atoms with Gasteiger partial charge in [-0.05, 0) is 19.9 Å². The second-order valence-corrected chi connectivity index (χ2v) is 5.60. The van der Waals surface area contributed by atoms with Gasteiger partial charge < -0.3 is 0 Å². The Bertz CT molecular complexity index is 644. The number of thiazole rings is 1. The van der Waals surface area contributed by atoms with Crippen LogP contribution in [0.15, 0.2) is 12.3 Å². The number of amides is 1. The van der Waals surface area contributed by atoms with Gasteiger partial charge in [-0.1, -0.05) is 11.6 Å². The van der Waals surface area contributed by atoms with Crippen LogP contribution in [0.5, 0.6) is 0 Å². The highest BCUT2D eigenvalue weighted by atomic mass is 35.5. The first-order valence-electron chi connectivity index (χ1n) is 5.58. The quantitative estimate of drug-likeness (QED) is 0.886. The van der Waals surface area contributed by atoms with Crippen molar-refractivity contribution in [2.45, 2.75) is 13.8 Å². The van der Waals surface area contributed by atoms with Gasteiger partial charge in [0, 0.05) is 29.8 Å². The summed E-state index contributed by atoms with van der Waals surface area (Å²) in [6.45, 7) is 3.77. The van der Waals surface area contributed by atoms with Gasteiger partial charge in [-0.3, -0.25) is 14.8 Å². The lowest BCUT2D eigenvalue weighted by molar-refractivity contribution is -0.111. The molecule has 0 fully saturated rings. The zero-order chi connectivity index (χ0) is 14.0. The van der Waals surface area contributed by atoms with Crippen LogP contribution in [0.2, 0.25) is 5.15 Å². The molecule has 0 aliphatic heterocycles. The summed E-state index contributed by atoms with van der Waals surface area (Å²) in [5.74, 6) is -0.242. The Balaban J connectivity index is 2.08. The van der Waals surface area contributed by atoms with Crippen LogP contribution in [-0.2, 0) is 11.8 Å². The fourth-order valence-corrected chi connectivity index (χ4v) is 2.46. The number of anilines is 1. The average Bonchev–Trinajstić information content (AvgIpc) is 2.83. The van der Waals surface area contributed by atoms with Gasteiger partial charge in [-0.2, -0.15) is 5.10 Å². The third-order valence-corrected chi connectivity index (χ3v) is 3.73. The molecule has 7 heteroatoms. The third kappa shape index (κ3) is 3.21. The Kier molecular flexibility index (Phi) is 4.01. The van der Waals surface area contributed by atoms with E-state index in [0.717, 1.165) is 16.1 Å². The maximum Gasteiger partial charge on any atom is 0.250 e. The Morgan fingerprint density at radius 3 is 2.79 bits per heavy atom. The normalized spacial score (nSPS) is 11.2. The number of carbonyl (C=O) groups is 1. The fraction of sp³-hybridized carbons (Fsp3) is 0.250. The molecular weight excluding hydrogens is 284 g/mol. The zero-order valence-corrected chi connectivity index (χ0v) is 12.3. The maximum atomic E-state index is 11.7. The van der Waals surface area contributed by atoms with Crippen molar-refractivity contribution in [3.63, 3.8) is 0 Å². The molecule has 0 radical (unpaired) electrons. The van der Waals surface area contributed by atoms with E-state index in [4.69, 9.17) is 11.6 Å². The van der Waals surface area contributed by atoms with Crippen LogP contribution in [0.3, 0.4) is 0 Å². The standard InChI is InChI=1S/C12H13ClN4OS/c1-7-6-14-12(19-7)15-10(18)5-4-9-8(2)16-17(3)11(9)13/h4-6H,1-3H3,(H,14,15,18)/b5-4+. The highest BCUT2D eigenvalue weighted by Gasteiger charge is 2.08. The van der Waals surface area contributed by atoms with E-state index >= 15 is 0 Å². The zero-order valence-electron chi connectivity index (χ0n) is 10.8. The van der Waals surface area contributed by atoms with E-state index in [2.05, 4.69) is 15.4 Å². The van der Waals surface area contributed by atoms with E-state index in [9.17, 15) is 4.79 Å². The van der Waals surface area contributed by atoms with Crippen LogP contribution >= 0.6 is 22.9 Å². The summed E-state index contributed by atoms with van der Waals surface area (Å²) in [6, 6.07) is 0. The van der Waals surface area contributed by atoms with Crippen molar-refractivity contribution < 1.29 is 4.79 Å². The number of nitrogens with zero attached hydrogens (tertiary/aromatic N) is 3. The molecule has 2 aromatic rings. The van der Waals surface area contributed by atoms with Crippen molar-refractivity contribution in [1.82, 2.24) is 14.8 Å². The number of hydrogen-bond acceptors (Lipinski definition) is 4. The van der Waals surface area contributed by atoms with E-state index < -0.39 is 0 Å². The number of hydrogen-bond donors (Lipinski definition) is 1. The Hall–Kier alpha value is -1.66. The molecular formula is C12H13ClN4OS. The molecule has 0 aliphatic carbocycles. The van der Waals surface area contributed by atoms with Crippen molar-refractivity contribution >= 4 is 40.1 Å². The van der Waals surface area contributed by atoms with Gasteiger partial charge in [0.15, 0.2) is 5.13 Å². The topological polar surface area (TPSA) is 59.8 Å². The largest absolute Gasteiger partial charge is 0.298 e. The molecule has 1 amide bonds. The van der Waals surface area contributed by atoms with Gasteiger partial charge >= 0.3 is 0 Å². The highest BCUT2D eigenvalue weighted by Crippen LogP contribution is 2.20. The SMILES string of the molecule is Cc1cnc(NC(=O)/C=C/c2c(C)nn(C)c2Cl)s1. The summed E-state index contributed by atoms with van der Waals surface area (Å²) in [4.78, 5) is 16.8. The number of halogens is 1. The molecule has 2 rings (SSSR count). The van der Waals surface area contributed by atoms with Gasteiger partial charge in [0.05, 0.1) is 5.69 Å². The molecule has 0 saturated carbocycles. The smallest absolute Gasteiger partial charge is 0.250 e. The van der Waals surface area contributed by atoms with E-state index in [0.29, 0.717) is 10.3 Å². The van der Waals surface area contributed by atoms with E-state index in [-0.39, 0.29) is 5.91 Å². The molecule has 0 spiro atoms. The minimum atomic E-state index is -0.242. The fourth-order valence-electron chi connectivity index (χ4n) is 1.55. The summed E-state index contributed by atoms with van der Waals surface area (Å²) >= 11 is 7.50. The third-order valence-electron chi connectivity index (χ3n) is 2.45. The van der Waals surface area contributed by atoms with Crippen molar-refractivity contribution in [2.75, 3.05) is 5.32 Å². The van der Waals surface area contributed by atoms with E-state index in [1.165, 1.54) is 17.4 Å². The van der Waals surface area contributed by atoms with Crippen molar-refractivity contribution in [3.8, 4) is 0 Å². The molecule has 100 valence electrons. The summed E-state index contributed by atoms with van der Waals surface area (Å²) in [7, 11) is 1.76. The van der Waals surface area contributed by atoms with Crippen molar-refractivity contribution in [1.29, 1.82) is 0 Å². The molecule has 0 aliphatic rings. The monoisotopic (exact) mass is 296 g/mol. The van der Waals surface area contributed by atoms with Gasteiger partial charge in [0.2, 0.25) is 5.91 Å². The minimum absolute atomic E-state index is 0.242. The first-order chi connectivity index (χ1) is 8.97. The first-order valence-corrected chi connectivity index (χ1v) is 6.77. The second kappa shape index (κ2) is 5.54. The number of rotatable bonds is 3. The van der Waals surface area contributed by atoms with Crippen molar-refractivity contribution in [2.24, 2.45) is 7.05 Å². The summed E-state index contributed by atoms with van der Waals surface area (Å²) < 4.78 is 1.57. The average molecular weight is 297 g/mol. The Morgan fingerprint density at radius 2 is 2.26 bits per heavy atom. The van der Waals surface area contributed by atoms with Gasteiger partial charge in [-0.25, -0.2) is 4.98 Å². The number of nitrogens with one attached hydrogen (secondary N) is 1. The number of aromatic nitrogens is 3. The van der Waals surface area contributed by atoms with E-state index in [1.807, 2.05) is 13.8 Å². The summed E-state index contributed by atoms with van der Waals surface area (Å²) in [5, 5.41) is 7.95. The predicted molar refractivity (Wildman–Crippen MR) is 77.5 cm³/mol. The Morgan fingerprint density at radius 1 is 1.53 bits per heavy atom. The first kappa shape index (κ1) is 13.8. The van der Waals surface area contributed by atoms with Crippen LogP contribution in [0.4, 0.5) is 5.13 Å². The molecule has 0 bridgehead atoms. The summed E-state index contributed by atoms with van der Waals surface area (Å²) in [6.07, 6.45) is 4.79. The molecule has 0 atom stereocenters. The predicted octanol–water partition coefficient (Wildman–Crippen LogP) is 2.80. The lowest BCUT2D eigenvalue weighted by atomic mass is 10.2. The molecule has 0 saturated heterocycles. The van der Waals surface area contributed by atoms with E-state index in [1.54, 1.807) is 24.0 Å². The van der Waals surface area contributed by atoms with Crippen LogP contribution < -0.4 is 5.32 Å². The minimum Gasteiger partial charge on any atom is -0.298 e. The van der Waals surface area contributed by atoms with Gasteiger partial charge in [0.25, 0.3) is 0 Å². The van der Waals surface area contributed by atoms with Crippen LogP contribution in [0, 0.1) is 13.8 Å². The summed E-state index contributed by atoms with van der Waals surface area (Å²) in [5.41, 5.74) is 1.52. The lowest BCUT2D eigenvalue weighted by Crippen LogP contribution is -2.07. The molecule has 1 N–H and O–H groups in total. The molecule has 19 heavy (non-hydrogen) atoms. The van der Waals surface area contributed by atoms with Crippen LogP contribution in [0.1, 0.15) is 16.1 Å². The van der Waals surface area contributed by atoms with Gasteiger partial charge in [-0.15, -0.1) is 11.3 Å². The maximum absolute atomic E-state index is 11.7. The molecule has 5 nitrogen and oxygen atoms in total. The van der Waals surface area contributed by atoms with Crippen LogP contribution in [0.25, 0.3) is 6.08 Å². The number of aryl methyl sites for hydroxylation is 3. The van der Waals surface area contributed by atoms with Crippen molar-refractivity contribution in [3.05, 3.63) is 33.6 Å². The Labute approximate surface area is 119 Å². The van der Waals surface area contributed by atoms with Crippen LogP contribution in [-0.4, -0.2) is 20.7 Å². The lowest BCUT2D eigenvalue weighted by Gasteiger charge is -1.95. The van der Waals surface area contributed by atoms with Gasteiger partial charge in [0.1, 0.15) is 5.15 Å². The molecule has 2 aromatic heterocycles. The molecule has 0 unspecified atom stereocenters. The molecule has 0 aromatic carbocycles. The number of carbonyl (C=O) groups excluding carboxylic acids is 1. The molecule has 2 heterocycles. The highest BCUT2D eigenvalue weighted by molar-refractivity contribution is 7.15. The second-order valence-electron chi connectivity index (χ2n) is 4.01.